The molecule has 0 saturated heterocycles. The second-order valence-corrected chi connectivity index (χ2v) is 16.8. The number of para-hydroxylation sites is 4. The zero-order chi connectivity index (χ0) is 43.5. The third-order valence-electron chi connectivity index (χ3n) is 12.2. The van der Waals surface area contributed by atoms with Crippen LogP contribution in [0.4, 0.5) is 51.2 Å². The molecule has 0 spiro atoms. The van der Waals surface area contributed by atoms with Gasteiger partial charge in [0.1, 0.15) is 0 Å². The van der Waals surface area contributed by atoms with E-state index < -0.39 is 6.98 Å². The molecular weight excluding hydrogens is 941 g/mol. The number of benzene rings is 8. The zero-order valence-electron chi connectivity index (χ0n) is 37.1. The average Bonchev–Trinajstić information content (AvgIpc) is 3.71. The Morgan fingerprint density at radius 3 is 1.85 bits per heavy atom. The molecule has 8 aromatic carbocycles. The molecule has 298 valence electrons. The van der Waals surface area contributed by atoms with Crippen LogP contribution in [-0.4, -0.2) is 11.3 Å². The van der Waals surface area contributed by atoms with Crippen molar-refractivity contribution in [3.05, 3.63) is 194 Å². The molecular formula is C54H39BN5OPt+. The normalized spacial score (nSPS) is 14.1. The molecule has 9 aromatic rings. The van der Waals surface area contributed by atoms with E-state index in [0.717, 1.165) is 56.6 Å². The zero-order valence-corrected chi connectivity index (χ0v) is 36.4. The Kier molecular flexibility index (Phi) is 8.09. The number of anilines is 9. The van der Waals surface area contributed by atoms with Crippen molar-refractivity contribution in [2.24, 2.45) is 6.98 Å². The van der Waals surface area contributed by atoms with Gasteiger partial charge in [0.05, 0.1) is 22.1 Å². The predicted octanol–water partition coefficient (Wildman–Crippen LogP) is 10.6. The van der Waals surface area contributed by atoms with Crippen LogP contribution in [0.15, 0.2) is 164 Å². The maximum absolute atomic E-state index is 8.21. The van der Waals surface area contributed by atoms with Gasteiger partial charge in [-0.3, -0.25) is 0 Å². The quantitative estimate of drug-likeness (QED) is 0.0943. The molecule has 0 amide bonds. The number of hydrogen-bond acceptors (Lipinski definition) is 4. The van der Waals surface area contributed by atoms with Gasteiger partial charge in [-0.2, -0.15) is 35.9 Å². The molecule has 0 unspecified atom stereocenters. The molecule has 0 aliphatic carbocycles. The number of aryl methyl sites for hydroxylation is 1. The van der Waals surface area contributed by atoms with Crippen LogP contribution in [0.1, 0.15) is 30.4 Å². The summed E-state index contributed by atoms with van der Waals surface area (Å²) < 4.78 is 34.4. The van der Waals surface area contributed by atoms with E-state index in [0.29, 0.717) is 28.2 Å². The van der Waals surface area contributed by atoms with E-state index in [-0.39, 0.29) is 33.2 Å². The van der Waals surface area contributed by atoms with E-state index in [2.05, 4.69) is 169 Å². The number of ether oxygens (including phenoxy) is 1. The first kappa shape index (κ1) is 34.8. The van der Waals surface area contributed by atoms with Gasteiger partial charge in [-0.25, -0.2) is 0 Å². The first-order valence-electron chi connectivity index (χ1n) is 22.1. The molecule has 12 rings (SSSR count). The van der Waals surface area contributed by atoms with E-state index >= 15 is 0 Å². The fourth-order valence-electron chi connectivity index (χ4n) is 9.50. The molecule has 0 fully saturated rings. The number of aromatic nitrogens is 2. The fraction of sp³-hybridized carbons (Fsp3) is 0.0926. The molecule has 0 saturated carbocycles. The third-order valence-corrected chi connectivity index (χ3v) is 12.2. The van der Waals surface area contributed by atoms with Crippen LogP contribution in [0.2, 0.25) is 0 Å². The Hall–Kier alpha value is -6.82. The van der Waals surface area contributed by atoms with E-state index in [4.69, 9.17) is 8.85 Å². The third kappa shape index (κ3) is 5.79. The summed E-state index contributed by atoms with van der Waals surface area (Å²) in [6, 6.07) is 66.9. The molecule has 8 heteroatoms. The Bertz CT molecular complexity index is 3330. The van der Waals surface area contributed by atoms with E-state index in [9.17, 15) is 0 Å². The molecule has 62 heavy (non-hydrogen) atoms. The summed E-state index contributed by atoms with van der Waals surface area (Å²) in [5.74, 6) is 0.944. The first-order valence-corrected chi connectivity index (χ1v) is 20.6. The summed E-state index contributed by atoms with van der Waals surface area (Å²) in [5.41, 5.74) is 15.7. The smallest absolute Gasteiger partial charge is 0.510 e. The number of rotatable bonds is 6. The predicted molar refractivity (Wildman–Crippen MR) is 247 cm³/mol. The first-order chi connectivity index (χ1) is 31.0. The largest absolute Gasteiger partial charge is 4.00 e. The summed E-state index contributed by atoms with van der Waals surface area (Å²) in [6.07, 6.45) is 3.07. The SMILES string of the molecule is [2H]C([2H])([2H])[n+]1[c-]n(-c2[c-]c(Oc3[c-]c4c5c(c3)N(c3ccccc3)c3cccc6c3B5c3c(cccc3N6c3ccccc3)N4c3[c-]ccc(C(C)(C)C)c3)ccc2)c2ccccc21.[Pt+4]. The van der Waals surface area contributed by atoms with Crippen molar-refractivity contribution in [3.63, 3.8) is 0 Å². The van der Waals surface area contributed by atoms with Gasteiger partial charge in [0.25, 0.3) is 0 Å². The van der Waals surface area contributed by atoms with Gasteiger partial charge in [-0.15, -0.1) is 35.8 Å². The molecule has 3 aliphatic heterocycles. The van der Waals surface area contributed by atoms with E-state index in [1.807, 2.05) is 48.5 Å². The molecule has 0 atom stereocenters. The Labute approximate surface area is 381 Å². The van der Waals surface area contributed by atoms with Crippen molar-refractivity contribution in [3.8, 4) is 17.2 Å². The molecule has 4 heterocycles. The molecule has 1 aromatic heterocycles. The van der Waals surface area contributed by atoms with Gasteiger partial charge < -0.3 is 28.6 Å². The topological polar surface area (TPSA) is 27.8 Å². The van der Waals surface area contributed by atoms with Crippen molar-refractivity contribution >= 4 is 85.3 Å². The van der Waals surface area contributed by atoms with E-state index in [1.165, 1.54) is 21.1 Å². The van der Waals surface area contributed by atoms with Crippen LogP contribution in [0.25, 0.3) is 16.7 Å². The summed E-state index contributed by atoms with van der Waals surface area (Å²) in [4.78, 5) is 7.09. The Morgan fingerprint density at radius 1 is 0.581 bits per heavy atom. The monoisotopic (exact) mass is 982 g/mol. The summed E-state index contributed by atoms with van der Waals surface area (Å²) in [5, 5.41) is 0. The Balaban J connectivity index is 0.00000469. The molecule has 0 N–H and O–H groups in total. The van der Waals surface area contributed by atoms with Crippen molar-refractivity contribution in [1.29, 1.82) is 0 Å². The van der Waals surface area contributed by atoms with Crippen molar-refractivity contribution in [2.45, 2.75) is 26.2 Å². The Morgan fingerprint density at radius 2 is 1.19 bits per heavy atom. The van der Waals surface area contributed by atoms with Gasteiger partial charge in [-0.1, -0.05) is 116 Å². The second kappa shape index (κ2) is 14.4. The van der Waals surface area contributed by atoms with Gasteiger partial charge >= 0.3 is 21.1 Å². The van der Waals surface area contributed by atoms with Crippen LogP contribution in [0, 0.1) is 24.5 Å². The van der Waals surface area contributed by atoms with Gasteiger partial charge in [0.15, 0.2) is 6.71 Å². The number of hydrogen-bond donors (Lipinski definition) is 0. The average molecular weight is 983 g/mol. The number of imidazole rings is 1. The van der Waals surface area contributed by atoms with Gasteiger partial charge in [-0.05, 0) is 64.9 Å². The summed E-state index contributed by atoms with van der Waals surface area (Å²) >= 11 is 0. The van der Waals surface area contributed by atoms with Crippen LogP contribution in [0.3, 0.4) is 0 Å². The summed E-state index contributed by atoms with van der Waals surface area (Å²) in [6.45, 7) is 4.17. The second-order valence-electron chi connectivity index (χ2n) is 16.8. The van der Waals surface area contributed by atoms with Crippen LogP contribution < -0.4 is 40.4 Å². The van der Waals surface area contributed by atoms with Crippen LogP contribution in [0.5, 0.6) is 11.5 Å². The number of nitrogens with zero attached hydrogens (tertiary/aromatic N) is 5. The summed E-state index contributed by atoms with van der Waals surface area (Å²) in [7, 11) is 0. The van der Waals surface area contributed by atoms with Crippen molar-refractivity contribution in [2.75, 3.05) is 14.7 Å². The van der Waals surface area contributed by atoms with Crippen molar-refractivity contribution in [1.82, 2.24) is 4.57 Å². The minimum atomic E-state index is -2.42. The molecule has 0 radical (unpaired) electrons. The maximum Gasteiger partial charge on any atom is 4.00 e. The van der Waals surface area contributed by atoms with Crippen molar-refractivity contribution < 1.29 is 34.5 Å². The molecule has 6 nitrogen and oxygen atoms in total. The number of fused-ring (bicyclic) bond motifs is 1. The standard InChI is InChI=1S/C54H39BN5O.Pt/c1-54(2,3)36-17-13-23-40(31-36)60-48-30-16-28-46-52(48)55-51-45(58(46)37-18-7-5-8-19-37)27-15-29-47(51)59(38-20-9-6-10-21-38)49-33-42(34-50(60)53(49)55)61-41-24-14-22-39(32-41)57-35-56(4)43-25-11-12-26-44(43)57;/h5-22,24-31,33H,1-4H3;/q-3;+4/i4D3;. The molecule has 3 aliphatic rings. The molecule has 0 bridgehead atoms. The van der Waals surface area contributed by atoms with E-state index in [1.54, 1.807) is 10.6 Å². The van der Waals surface area contributed by atoms with Gasteiger partial charge in [0.2, 0.25) is 6.33 Å². The van der Waals surface area contributed by atoms with Crippen LogP contribution >= 0.6 is 0 Å². The fourth-order valence-corrected chi connectivity index (χ4v) is 9.50. The minimum Gasteiger partial charge on any atom is -0.510 e. The maximum atomic E-state index is 8.21. The van der Waals surface area contributed by atoms with Gasteiger partial charge in [0, 0.05) is 45.6 Å². The van der Waals surface area contributed by atoms with Crippen LogP contribution in [-0.2, 0) is 33.5 Å². The minimum absolute atomic E-state index is 0.